The van der Waals surface area contributed by atoms with Gasteiger partial charge in [0, 0.05) is 24.8 Å². The first-order valence-corrected chi connectivity index (χ1v) is 8.86. The van der Waals surface area contributed by atoms with Gasteiger partial charge in [-0.25, -0.2) is 0 Å². The normalized spacial score (nSPS) is 37.8. The summed E-state index contributed by atoms with van der Waals surface area (Å²) in [6.07, 6.45) is 4.17. The van der Waals surface area contributed by atoms with E-state index in [1.54, 1.807) is 0 Å². The van der Waals surface area contributed by atoms with Gasteiger partial charge < -0.3 is 4.74 Å². The molecule has 4 atom stereocenters. The van der Waals surface area contributed by atoms with Crippen LogP contribution in [0.4, 0.5) is 5.69 Å². The van der Waals surface area contributed by atoms with Crippen LogP contribution in [0.2, 0.25) is 0 Å². The van der Waals surface area contributed by atoms with Gasteiger partial charge in [0.15, 0.2) is 0 Å². The Morgan fingerprint density at radius 2 is 2.25 bits per heavy atom. The van der Waals surface area contributed by atoms with E-state index in [1.165, 1.54) is 24.0 Å². The monoisotopic (exact) mass is 322 g/mol. The van der Waals surface area contributed by atoms with Crippen LogP contribution in [0.1, 0.15) is 25.3 Å². The molecule has 3 fully saturated rings. The third-order valence-electron chi connectivity index (χ3n) is 6.73. The second kappa shape index (κ2) is 4.79. The molecule has 0 amide bonds. The number of rotatable bonds is 1. The van der Waals surface area contributed by atoms with Crippen LogP contribution >= 0.6 is 0 Å². The molecule has 0 aromatic heterocycles. The molecule has 3 aliphatic heterocycles. The molecule has 0 spiro atoms. The Morgan fingerprint density at radius 1 is 1.42 bits per heavy atom. The lowest BCUT2D eigenvalue weighted by Gasteiger charge is -2.59. The number of benzene rings is 1. The highest BCUT2D eigenvalue weighted by atomic mass is 16.5. The molecule has 2 unspecified atom stereocenters. The number of para-hydroxylation sites is 1. The molecule has 3 bridgehead atoms. The van der Waals surface area contributed by atoms with Crippen molar-refractivity contribution in [1.82, 2.24) is 4.90 Å². The van der Waals surface area contributed by atoms with E-state index < -0.39 is 0 Å². The van der Waals surface area contributed by atoms with Gasteiger partial charge in [0.05, 0.1) is 24.1 Å². The Hall–Kier alpha value is -1.94. The maximum absolute atomic E-state index is 12.9. The number of hydrogen-bond acceptors (Lipinski definition) is 4. The molecule has 124 valence electrons. The first-order chi connectivity index (χ1) is 11.7. The first kappa shape index (κ1) is 14.4. The van der Waals surface area contributed by atoms with Crippen LogP contribution in [0, 0.1) is 11.8 Å². The molecule has 1 aliphatic carbocycles. The molecular weight excluding hydrogens is 300 g/mol. The maximum Gasteiger partial charge on any atom is 0.310 e. The molecule has 2 saturated heterocycles. The minimum Gasteiger partial charge on any atom is -0.469 e. The van der Waals surface area contributed by atoms with E-state index in [0.717, 1.165) is 31.6 Å². The van der Waals surface area contributed by atoms with Crippen molar-refractivity contribution in [3.05, 3.63) is 41.5 Å². The van der Waals surface area contributed by atoms with Crippen LogP contribution in [0.15, 0.2) is 40.9 Å². The van der Waals surface area contributed by atoms with Crippen molar-refractivity contribution < 1.29 is 9.53 Å². The van der Waals surface area contributed by atoms with E-state index in [9.17, 15) is 4.79 Å². The quantitative estimate of drug-likeness (QED) is 0.590. The highest BCUT2D eigenvalue weighted by Crippen LogP contribution is 2.60. The largest absolute Gasteiger partial charge is 0.469 e. The van der Waals surface area contributed by atoms with Crippen molar-refractivity contribution in [3.8, 4) is 0 Å². The number of carbonyl (C=O) groups excluding carboxylic acids is 1. The van der Waals surface area contributed by atoms with E-state index in [1.807, 2.05) is 6.07 Å². The van der Waals surface area contributed by atoms with Crippen molar-refractivity contribution in [2.45, 2.75) is 31.2 Å². The molecule has 1 saturated carbocycles. The van der Waals surface area contributed by atoms with Gasteiger partial charge in [-0.1, -0.05) is 29.8 Å². The Bertz CT molecular complexity index is 797. The van der Waals surface area contributed by atoms with E-state index in [2.05, 4.69) is 36.1 Å². The summed E-state index contributed by atoms with van der Waals surface area (Å²) in [5.74, 6) is 0.0569. The summed E-state index contributed by atoms with van der Waals surface area (Å²) in [5, 5.41) is 0. The van der Waals surface area contributed by atoms with Gasteiger partial charge in [-0.3, -0.25) is 14.7 Å². The highest BCUT2D eigenvalue weighted by Gasteiger charge is 2.65. The zero-order valence-corrected chi connectivity index (χ0v) is 14.2. The molecule has 0 radical (unpaired) electrons. The molecular formula is C20H22N2O2. The van der Waals surface area contributed by atoms with E-state index >= 15 is 0 Å². The molecule has 24 heavy (non-hydrogen) atoms. The summed E-state index contributed by atoms with van der Waals surface area (Å²) in [6, 6.07) is 8.76. The predicted molar refractivity (Wildman–Crippen MR) is 92.6 cm³/mol. The number of methoxy groups -OCH3 is 1. The summed E-state index contributed by atoms with van der Waals surface area (Å²) >= 11 is 0. The second-order valence-electron chi connectivity index (χ2n) is 7.43. The molecule has 1 aromatic rings. The van der Waals surface area contributed by atoms with Crippen molar-refractivity contribution >= 4 is 17.4 Å². The van der Waals surface area contributed by atoms with Gasteiger partial charge in [-0.15, -0.1) is 0 Å². The fourth-order valence-corrected chi connectivity index (χ4v) is 5.77. The highest BCUT2D eigenvalue weighted by molar-refractivity contribution is 6.09. The maximum atomic E-state index is 12.9. The van der Waals surface area contributed by atoms with Crippen LogP contribution < -0.4 is 0 Å². The number of fused-ring (bicyclic) bond motifs is 2. The Morgan fingerprint density at radius 3 is 3.04 bits per heavy atom. The molecule has 4 aliphatic rings. The average Bonchev–Trinajstić information content (AvgIpc) is 2.96. The van der Waals surface area contributed by atoms with Gasteiger partial charge >= 0.3 is 5.97 Å². The summed E-state index contributed by atoms with van der Waals surface area (Å²) in [7, 11) is 1.52. The second-order valence-corrected chi connectivity index (χ2v) is 7.43. The lowest BCUT2D eigenvalue weighted by molar-refractivity contribution is -0.151. The average molecular weight is 322 g/mol. The van der Waals surface area contributed by atoms with Crippen LogP contribution in [-0.4, -0.2) is 42.8 Å². The van der Waals surface area contributed by atoms with E-state index in [-0.39, 0.29) is 23.2 Å². The van der Waals surface area contributed by atoms with Crippen molar-refractivity contribution in [3.63, 3.8) is 0 Å². The van der Waals surface area contributed by atoms with Crippen LogP contribution in [0.3, 0.4) is 0 Å². The van der Waals surface area contributed by atoms with Gasteiger partial charge in [0.2, 0.25) is 0 Å². The zero-order valence-electron chi connectivity index (χ0n) is 14.2. The van der Waals surface area contributed by atoms with Gasteiger partial charge in [0.1, 0.15) is 0 Å². The molecule has 3 heterocycles. The third-order valence-corrected chi connectivity index (χ3v) is 6.73. The topological polar surface area (TPSA) is 41.9 Å². The van der Waals surface area contributed by atoms with Gasteiger partial charge in [0.25, 0.3) is 0 Å². The van der Waals surface area contributed by atoms with E-state index in [0.29, 0.717) is 6.04 Å². The summed E-state index contributed by atoms with van der Waals surface area (Å²) in [6.45, 7) is 4.09. The first-order valence-electron chi connectivity index (χ1n) is 8.86. The number of nitrogens with zero attached hydrogens (tertiary/aromatic N) is 2. The van der Waals surface area contributed by atoms with Crippen molar-refractivity contribution in [1.29, 1.82) is 0 Å². The number of aliphatic imine (C=N–C) groups is 1. The molecule has 4 heteroatoms. The Kier molecular flexibility index (Phi) is 2.88. The van der Waals surface area contributed by atoms with Crippen LogP contribution in [0.25, 0.3) is 0 Å². The minimum atomic E-state index is -0.261. The number of esters is 1. The van der Waals surface area contributed by atoms with Crippen molar-refractivity contribution in [2.75, 3.05) is 20.2 Å². The van der Waals surface area contributed by atoms with Crippen LogP contribution in [-0.2, 0) is 14.9 Å². The fraction of sp³-hybridized carbons (Fsp3) is 0.500. The number of hydrogen-bond donors (Lipinski definition) is 0. The van der Waals surface area contributed by atoms with Gasteiger partial charge in [-0.05, 0) is 37.3 Å². The number of piperidine rings is 2. The number of allylic oxidation sites excluding steroid dienone is 1. The molecule has 0 N–H and O–H groups in total. The van der Waals surface area contributed by atoms with Gasteiger partial charge in [-0.2, -0.15) is 0 Å². The van der Waals surface area contributed by atoms with Crippen LogP contribution in [0.5, 0.6) is 0 Å². The third kappa shape index (κ3) is 1.53. The number of carbonyl (C=O) groups is 1. The standard InChI is InChI=1S/C20H22N2O2/c1-3-12-11-22-9-8-20-14-6-4-5-7-15(14)21-18(20)16(22)10-13(12)17(20)19(23)24-2/h3-7,13,16-17H,8-11H2,1-2H3/b12-3-/t13?,16?,17-,20-/m0/s1. The Labute approximate surface area is 142 Å². The molecule has 4 nitrogen and oxygen atoms in total. The SMILES string of the molecule is C/C=C1/CN2CC[C@]34C(=Nc5ccccc53)C2CC1[C@H]4C(=O)OC. The lowest BCUT2D eigenvalue weighted by atomic mass is 9.51. The lowest BCUT2D eigenvalue weighted by Crippen LogP contribution is -2.68. The molecule has 1 aromatic carbocycles. The number of ether oxygens (including phenoxy) is 1. The fourth-order valence-electron chi connectivity index (χ4n) is 5.77. The van der Waals surface area contributed by atoms with E-state index in [4.69, 9.17) is 9.73 Å². The smallest absolute Gasteiger partial charge is 0.310 e. The summed E-state index contributed by atoms with van der Waals surface area (Å²) in [5.41, 5.74) is 4.64. The summed E-state index contributed by atoms with van der Waals surface area (Å²) in [4.78, 5) is 20.5. The Balaban J connectivity index is 1.79. The predicted octanol–water partition coefficient (Wildman–Crippen LogP) is 2.85. The summed E-state index contributed by atoms with van der Waals surface area (Å²) < 4.78 is 5.31. The van der Waals surface area contributed by atoms with Crippen molar-refractivity contribution in [2.24, 2.45) is 16.8 Å². The minimum absolute atomic E-state index is 0.0717. The zero-order chi connectivity index (χ0) is 16.5. The molecule has 5 rings (SSSR count).